The number of imidazole rings is 1. The Morgan fingerprint density at radius 3 is 2.71 bits per heavy atom. The average Bonchev–Trinajstić information content (AvgIpc) is 3.08. The molecule has 0 spiro atoms. The highest BCUT2D eigenvalue weighted by atomic mass is 19.4. The molecule has 2 aromatic rings. The van der Waals surface area contributed by atoms with E-state index in [-0.39, 0.29) is 5.41 Å². The van der Waals surface area contributed by atoms with Crippen LogP contribution >= 0.6 is 0 Å². The van der Waals surface area contributed by atoms with Crippen LogP contribution in [0.15, 0.2) is 36.7 Å². The summed E-state index contributed by atoms with van der Waals surface area (Å²) in [5.74, 6) is 0.807. The fourth-order valence-electron chi connectivity index (χ4n) is 3.17. The molecule has 4 nitrogen and oxygen atoms in total. The number of ether oxygens (including phenoxy) is 1. The van der Waals surface area contributed by atoms with Gasteiger partial charge >= 0.3 is 6.18 Å². The Hall–Kier alpha value is -1.86. The smallest absolute Gasteiger partial charge is 0.381 e. The van der Waals surface area contributed by atoms with E-state index < -0.39 is 11.7 Å². The average molecular weight is 339 g/mol. The largest absolute Gasteiger partial charge is 0.416 e. The summed E-state index contributed by atoms with van der Waals surface area (Å²) in [4.78, 5) is 7.16. The molecule has 2 N–H and O–H groups in total. The quantitative estimate of drug-likeness (QED) is 0.879. The Morgan fingerprint density at radius 2 is 2.04 bits per heavy atom. The number of nitrogens with zero attached hydrogens (tertiary/aromatic N) is 1. The highest BCUT2D eigenvalue weighted by molar-refractivity contribution is 5.32. The van der Waals surface area contributed by atoms with Gasteiger partial charge in [-0.3, -0.25) is 0 Å². The number of rotatable bonds is 5. The lowest BCUT2D eigenvalue weighted by molar-refractivity contribution is -0.137. The lowest BCUT2D eigenvalue weighted by Crippen LogP contribution is -2.42. The van der Waals surface area contributed by atoms with E-state index in [0.29, 0.717) is 44.7 Å². The molecule has 1 saturated heterocycles. The molecule has 7 heteroatoms. The van der Waals surface area contributed by atoms with Gasteiger partial charge in [0, 0.05) is 37.6 Å². The van der Waals surface area contributed by atoms with Gasteiger partial charge in [0.25, 0.3) is 0 Å². The minimum Gasteiger partial charge on any atom is -0.381 e. The molecule has 130 valence electrons. The summed E-state index contributed by atoms with van der Waals surface area (Å²) < 4.78 is 44.6. The van der Waals surface area contributed by atoms with Crippen LogP contribution < -0.4 is 5.32 Å². The number of benzene rings is 1. The number of alkyl halides is 3. The molecule has 2 heterocycles. The molecular weight excluding hydrogens is 319 g/mol. The van der Waals surface area contributed by atoms with E-state index in [2.05, 4.69) is 15.3 Å². The number of aromatic amines is 1. The van der Waals surface area contributed by atoms with E-state index in [1.807, 2.05) is 0 Å². The van der Waals surface area contributed by atoms with Crippen LogP contribution in [0.2, 0.25) is 0 Å². The van der Waals surface area contributed by atoms with E-state index in [4.69, 9.17) is 4.74 Å². The highest BCUT2D eigenvalue weighted by Crippen LogP contribution is 2.37. The van der Waals surface area contributed by atoms with Crippen molar-refractivity contribution in [3.63, 3.8) is 0 Å². The van der Waals surface area contributed by atoms with Crippen molar-refractivity contribution in [2.45, 2.75) is 31.0 Å². The third-order valence-corrected chi connectivity index (χ3v) is 4.56. The van der Waals surface area contributed by atoms with Crippen molar-refractivity contribution in [3.8, 4) is 0 Å². The summed E-state index contributed by atoms with van der Waals surface area (Å²) in [7, 11) is 0. The molecule has 1 fully saturated rings. The Bertz CT molecular complexity index is 649. The van der Waals surface area contributed by atoms with Gasteiger partial charge in [0.1, 0.15) is 5.82 Å². The Kier molecular flexibility index (Phi) is 4.91. The van der Waals surface area contributed by atoms with Crippen LogP contribution in [-0.2, 0) is 22.9 Å². The third-order valence-electron chi connectivity index (χ3n) is 4.56. The second kappa shape index (κ2) is 6.94. The first-order valence-electron chi connectivity index (χ1n) is 7.94. The van der Waals surface area contributed by atoms with E-state index >= 15 is 0 Å². The van der Waals surface area contributed by atoms with Gasteiger partial charge in [-0.1, -0.05) is 18.2 Å². The van der Waals surface area contributed by atoms with Gasteiger partial charge in [-0.05, 0) is 24.5 Å². The van der Waals surface area contributed by atoms with Crippen molar-refractivity contribution in [2.75, 3.05) is 19.8 Å². The molecule has 3 rings (SSSR count). The fraction of sp³-hybridized carbons (Fsp3) is 0.471. The van der Waals surface area contributed by atoms with Crippen LogP contribution in [0.4, 0.5) is 13.2 Å². The number of nitrogens with one attached hydrogen (secondary N) is 2. The molecule has 0 unspecified atom stereocenters. The zero-order chi connectivity index (χ0) is 17.0. The van der Waals surface area contributed by atoms with Crippen molar-refractivity contribution in [1.29, 1.82) is 0 Å². The second-order valence-corrected chi connectivity index (χ2v) is 6.11. The van der Waals surface area contributed by atoms with Crippen molar-refractivity contribution in [1.82, 2.24) is 15.3 Å². The number of hydrogen-bond acceptors (Lipinski definition) is 3. The van der Waals surface area contributed by atoms with E-state index in [9.17, 15) is 13.2 Å². The van der Waals surface area contributed by atoms with Gasteiger partial charge in [-0.25, -0.2) is 4.98 Å². The fourth-order valence-corrected chi connectivity index (χ4v) is 3.17. The van der Waals surface area contributed by atoms with Crippen LogP contribution in [0, 0.1) is 0 Å². The zero-order valence-electron chi connectivity index (χ0n) is 13.2. The SMILES string of the molecule is FC(F)(F)c1cccc(C2(CNCc3ncc[nH]3)CCOCC2)c1. The Morgan fingerprint density at radius 1 is 1.25 bits per heavy atom. The van der Waals surface area contributed by atoms with Crippen molar-refractivity contribution in [3.05, 3.63) is 53.6 Å². The van der Waals surface area contributed by atoms with Gasteiger partial charge in [0.05, 0.1) is 12.1 Å². The van der Waals surface area contributed by atoms with Gasteiger partial charge in [-0.15, -0.1) is 0 Å². The molecule has 0 amide bonds. The Labute approximate surface area is 138 Å². The summed E-state index contributed by atoms with van der Waals surface area (Å²) >= 11 is 0. The van der Waals surface area contributed by atoms with Gasteiger partial charge in [0.2, 0.25) is 0 Å². The van der Waals surface area contributed by atoms with Crippen LogP contribution in [-0.4, -0.2) is 29.7 Å². The maximum atomic E-state index is 13.0. The minimum atomic E-state index is -4.33. The minimum absolute atomic E-state index is 0.355. The zero-order valence-corrected chi connectivity index (χ0v) is 13.2. The van der Waals surface area contributed by atoms with Crippen molar-refractivity contribution < 1.29 is 17.9 Å². The number of H-pyrrole nitrogens is 1. The summed E-state index contributed by atoms with van der Waals surface area (Å²) in [6, 6.07) is 5.67. The first-order chi connectivity index (χ1) is 11.5. The Balaban J connectivity index is 1.80. The van der Waals surface area contributed by atoms with Gasteiger partial charge in [-0.2, -0.15) is 13.2 Å². The summed E-state index contributed by atoms with van der Waals surface area (Å²) in [5.41, 5.74) is -0.240. The lowest BCUT2D eigenvalue weighted by atomic mass is 9.73. The van der Waals surface area contributed by atoms with Crippen LogP contribution in [0.1, 0.15) is 29.8 Å². The lowest BCUT2D eigenvalue weighted by Gasteiger charge is -2.38. The molecule has 0 aliphatic carbocycles. The molecular formula is C17H20F3N3O. The maximum Gasteiger partial charge on any atom is 0.416 e. The molecule has 0 atom stereocenters. The predicted octanol–water partition coefficient (Wildman–Crippen LogP) is 3.27. The van der Waals surface area contributed by atoms with Crippen LogP contribution in [0.5, 0.6) is 0 Å². The predicted molar refractivity (Wildman–Crippen MR) is 83.5 cm³/mol. The molecule has 0 radical (unpaired) electrons. The first-order valence-corrected chi connectivity index (χ1v) is 7.94. The van der Waals surface area contributed by atoms with E-state index in [0.717, 1.165) is 11.9 Å². The van der Waals surface area contributed by atoms with E-state index in [1.165, 1.54) is 12.1 Å². The third kappa shape index (κ3) is 3.79. The van der Waals surface area contributed by atoms with Crippen molar-refractivity contribution >= 4 is 0 Å². The molecule has 1 aliphatic rings. The number of hydrogen-bond donors (Lipinski definition) is 2. The highest BCUT2D eigenvalue weighted by Gasteiger charge is 2.37. The molecule has 24 heavy (non-hydrogen) atoms. The molecule has 0 saturated carbocycles. The standard InChI is InChI=1S/C17H20F3N3O/c18-17(19,20)14-3-1-2-13(10-14)16(4-8-24-9-5-16)12-21-11-15-22-6-7-23-15/h1-3,6-7,10,21H,4-5,8-9,11-12H2,(H,22,23). The molecule has 0 bridgehead atoms. The van der Waals surface area contributed by atoms with Gasteiger partial charge in [0.15, 0.2) is 0 Å². The number of halogens is 3. The van der Waals surface area contributed by atoms with Crippen molar-refractivity contribution in [2.24, 2.45) is 0 Å². The van der Waals surface area contributed by atoms with Gasteiger partial charge < -0.3 is 15.0 Å². The number of aromatic nitrogens is 2. The summed E-state index contributed by atoms with van der Waals surface area (Å²) in [5, 5.41) is 3.32. The monoisotopic (exact) mass is 339 g/mol. The summed E-state index contributed by atoms with van der Waals surface area (Å²) in [6.45, 7) is 2.24. The van der Waals surface area contributed by atoms with Crippen LogP contribution in [0.3, 0.4) is 0 Å². The van der Waals surface area contributed by atoms with E-state index in [1.54, 1.807) is 18.5 Å². The molecule has 1 aliphatic heterocycles. The molecule has 1 aromatic carbocycles. The first kappa shape index (κ1) is 17.0. The summed E-state index contributed by atoms with van der Waals surface area (Å²) in [6.07, 6.45) is 0.477. The normalized spacial score (nSPS) is 17.8. The second-order valence-electron chi connectivity index (χ2n) is 6.11. The topological polar surface area (TPSA) is 49.9 Å². The molecule has 1 aromatic heterocycles. The maximum absolute atomic E-state index is 13.0. The van der Waals surface area contributed by atoms with Crippen LogP contribution in [0.25, 0.3) is 0 Å².